The van der Waals surface area contributed by atoms with Gasteiger partial charge >= 0.3 is 0 Å². The van der Waals surface area contributed by atoms with Gasteiger partial charge in [-0.25, -0.2) is 4.98 Å². The molecule has 0 bridgehead atoms. The van der Waals surface area contributed by atoms with Crippen LogP contribution in [0.15, 0.2) is 35.3 Å². The summed E-state index contributed by atoms with van der Waals surface area (Å²) in [5.74, 6) is 1.14. The van der Waals surface area contributed by atoms with Crippen LogP contribution in [0.4, 0.5) is 17.5 Å². The number of Topliss-reactive ketones (excluding diaryl/α,β-unsaturated/α-hetero) is 1. The van der Waals surface area contributed by atoms with E-state index >= 15 is 0 Å². The minimum absolute atomic E-state index is 0.0719. The highest BCUT2D eigenvalue weighted by atomic mass is 35.5. The van der Waals surface area contributed by atoms with E-state index in [1.807, 2.05) is 18.2 Å². The SMILES string of the molecule is CCC(=O)COc1cc2cc(Nc3nc(N4CCO[C@H](CC)C4)ncc3Cl)ccc2n(C)c1=O. The quantitative estimate of drug-likeness (QED) is 0.515. The summed E-state index contributed by atoms with van der Waals surface area (Å²) in [6.07, 6.45) is 3.02. The number of hydrogen-bond donors (Lipinski definition) is 1. The molecule has 0 radical (unpaired) electrons. The summed E-state index contributed by atoms with van der Waals surface area (Å²) in [4.78, 5) is 35.4. The number of benzene rings is 1. The van der Waals surface area contributed by atoms with Crippen LogP contribution in [0, 0.1) is 0 Å². The fourth-order valence-electron chi connectivity index (χ4n) is 3.78. The molecular weight excluding hydrogens is 458 g/mol. The second-order valence-electron chi connectivity index (χ2n) is 8.17. The van der Waals surface area contributed by atoms with Crippen molar-refractivity contribution in [2.45, 2.75) is 32.8 Å². The molecule has 0 spiro atoms. The van der Waals surface area contributed by atoms with E-state index in [-0.39, 0.29) is 29.8 Å². The Bertz CT molecular complexity index is 1260. The number of pyridine rings is 1. The van der Waals surface area contributed by atoms with Gasteiger partial charge < -0.3 is 24.3 Å². The van der Waals surface area contributed by atoms with Crippen LogP contribution in [0.5, 0.6) is 5.75 Å². The number of nitrogens with one attached hydrogen (secondary N) is 1. The van der Waals surface area contributed by atoms with Crippen LogP contribution >= 0.6 is 11.6 Å². The predicted octanol–water partition coefficient (Wildman–Crippen LogP) is 3.70. The van der Waals surface area contributed by atoms with Crippen LogP contribution in [0.2, 0.25) is 5.02 Å². The van der Waals surface area contributed by atoms with Crippen molar-refractivity contribution in [1.82, 2.24) is 14.5 Å². The third-order valence-corrected chi connectivity index (χ3v) is 6.12. The standard InChI is InChI=1S/C24H28ClN5O4/c1-4-17(31)14-34-21-11-15-10-16(6-7-20(15)29(3)23(21)32)27-22-19(25)12-26-24(28-22)30-8-9-33-18(5-2)13-30/h6-7,10-12,18H,4-5,8-9,13-14H2,1-3H3,(H,26,27,28)/t18-/m1/s1. The van der Waals surface area contributed by atoms with Gasteiger partial charge in [0, 0.05) is 37.6 Å². The zero-order chi connectivity index (χ0) is 24.2. The van der Waals surface area contributed by atoms with E-state index in [1.165, 1.54) is 4.57 Å². The summed E-state index contributed by atoms with van der Waals surface area (Å²) >= 11 is 6.39. The fraction of sp³-hybridized carbons (Fsp3) is 0.417. The second-order valence-corrected chi connectivity index (χ2v) is 8.57. The monoisotopic (exact) mass is 485 g/mol. The predicted molar refractivity (Wildman–Crippen MR) is 133 cm³/mol. The van der Waals surface area contributed by atoms with Gasteiger partial charge in [-0.15, -0.1) is 0 Å². The maximum Gasteiger partial charge on any atom is 0.293 e. The number of morpholine rings is 1. The number of rotatable bonds is 8. The summed E-state index contributed by atoms with van der Waals surface area (Å²) in [6.45, 7) is 5.79. The van der Waals surface area contributed by atoms with Crippen molar-refractivity contribution in [2.75, 3.05) is 36.5 Å². The Kier molecular flexibility index (Phi) is 7.33. The van der Waals surface area contributed by atoms with Crippen molar-refractivity contribution < 1.29 is 14.3 Å². The lowest BCUT2D eigenvalue weighted by Crippen LogP contribution is -2.43. The third kappa shape index (κ3) is 5.15. The molecule has 3 aromatic rings. The molecule has 0 aliphatic carbocycles. The van der Waals surface area contributed by atoms with Crippen molar-refractivity contribution in [1.29, 1.82) is 0 Å². The van der Waals surface area contributed by atoms with Gasteiger partial charge in [-0.3, -0.25) is 9.59 Å². The fourth-order valence-corrected chi connectivity index (χ4v) is 3.92. The molecule has 0 amide bonds. The molecule has 0 saturated carbocycles. The summed E-state index contributed by atoms with van der Waals surface area (Å²) in [5, 5.41) is 4.43. The Hall–Kier alpha value is -3.17. The second kappa shape index (κ2) is 10.4. The van der Waals surface area contributed by atoms with Gasteiger partial charge in [0.25, 0.3) is 5.56 Å². The summed E-state index contributed by atoms with van der Waals surface area (Å²) in [6, 6.07) is 7.22. The summed E-state index contributed by atoms with van der Waals surface area (Å²) < 4.78 is 12.7. The maximum absolute atomic E-state index is 12.6. The molecule has 9 nitrogen and oxygen atoms in total. The van der Waals surface area contributed by atoms with E-state index in [4.69, 9.17) is 21.1 Å². The Morgan fingerprint density at radius 1 is 1.32 bits per heavy atom. The number of carbonyl (C=O) groups is 1. The number of aromatic nitrogens is 3. The topological polar surface area (TPSA) is 98.6 Å². The zero-order valence-electron chi connectivity index (χ0n) is 19.5. The van der Waals surface area contributed by atoms with Gasteiger partial charge in [0.15, 0.2) is 17.4 Å². The van der Waals surface area contributed by atoms with E-state index in [0.717, 1.165) is 29.6 Å². The molecule has 1 aliphatic heterocycles. The molecule has 1 aliphatic rings. The molecule has 180 valence electrons. The highest BCUT2D eigenvalue weighted by Crippen LogP contribution is 2.28. The lowest BCUT2D eigenvalue weighted by molar-refractivity contribution is -0.120. The summed E-state index contributed by atoms with van der Waals surface area (Å²) in [7, 11) is 1.67. The molecule has 1 fully saturated rings. The first-order valence-corrected chi connectivity index (χ1v) is 11.7. The average molecular weight is 486 g/mol. The molecule has 10 heteroatoms. The lowest BCUT2D eigenvalue weighted by Gasteiger charge is -2.32. The molecule has 1 saturated heterocycles. The number of ether oxygens (including phenoxy) is 2. The number of halogens is 1. The highest BCUT2D eigenvalue weighted by Gasteiger charge is 2.22. The number of aryl methyl sites for hydroxylation is 1. The minimum atomic E-state index is -0.295. The first kappa shape index (κ1) is 24.0. The number of ketones is 1. The van der Waals surface area contributed by atoms with E-state index in [2.05, 4.69) is 27.1 Å². The van der Waals surface area contributed by atoms with Gasteiger partial charge in [0.05, 0.1) is 24.4 Å². The number of carbonyl (C=O) groups excluding carboxylic acids is 1. The maximum atomic E-state index is 12.6. The third-order valence-electron chi connectivity index (χ3n) is 5.84. The Morgan fingerprint density at radius 2 is 2.15 bits per heavy atom. The first-order chi connectivity index (χ1) is 16.4. The zero-order valence-corrected chi connectivity index (χ0v) is 20.3. The van der Waals surface area contributed by atoms with Crippen molar-refractivity contribution >= 4 is 45.7 Å². The van der Waals surface area contributed by atoms with E-state index in [9.17, 15) is 9.59 Å². The average Bonchev–Trinajstić information content (AvgIpc) is 2.86. The van der Waals surface area contributed by atoms with Crippen molar-refractivity contribution in [3.05, 3.63) is 45.8 Å². The first-order valence-electron chi connectivity index (χ1n) is 11.3. The molecule has 1 aromatic carbocycles. The molecule has 2 aromatic heterocycles. The molecular formula is C24H28ClN5O4. The van der Waals surface area contributed by atoms with Crippen LogP contribution < -0.4 is 20.5 Å². The van der Waals surface area contributed by atoms with Crippen molar-refractivity contribution in [2.24, 2.45) is 7.05 Å². The van der Waals surface area contributed by atoms with E-state index in [0.29, 0.717) is 36.4 Å². The van der Waals surface area contributed by atoms with E-state index < -0.39 is 0 Å². The highest BCUT2D eigenvalue weighted by molar-refractivity contribution is 6.32. The number of anilines is 3. The Morgan fingerprint density at radius 3 is 2.91 bits per heavy atom. The molecule has 1 N–H and O–H groups in total. The van der Waals surface area contributed by atoms with Gasteiger partial charge in [0.2, 0.25) is 5.95 Å². The lowest BCUT2D eigenvalue weighted by atomic mass is 10.2. The minimum Gasteiger partial charge on any atom is -0.480 e. The number of nitrogens with zero attached hydrogens (tertiary/aromatic N) is 4. The normalized spacial score (nSPS) is 16.0. The molecule has 4 rings (SSSR count). The van der Waals surface area contributed by atoms with Crippen LogP contribution in [0.3, 0.4) is 0 Å². The van der Waals surface area contributed by atoms with E-state index in [1.54, 1.807) is 26.2 Å². The van der Waals surface area contributed by atoms with Gasteiger partial charge in [-0.2, -0.15) is 4.98 Å². The Labute approximate surface area is 202 Å². The van der Waals surface area contributed by atoms with Gasteiger partial charge in [-0.1, -0.05) is 25.4 Å². The number of hydrogen-bond acceptors (Lipinski definition) is 8. The van der Waals surface area contributed by atoms with Crippen molar-refractivity contribution in [3.63, 3.8) is 0 Å². The molecule has 34 heavy (non-hydrogen) atoms. The van der Waals surface area contributed by atoms with Crippen LogP contribution in [-0.4, -0.2) is 52.7 Å². The smallest absolute Gasteiger partial charge is 0.293 e. The van der Waals surface area contributed by atoms with Crippen LogP contribution in [0.25, 0.3) is 10.9 Å². The van der Waals surface area contributed by atoms with Gasteiger partial charge in [-0.05, 0) is 30.7 Å². The van der Waals surface area contributed by atoms with Crippen LogP contribution in [0.1, 0.15) is 26.7 Å². The molecule has 0 unspecified atom stereocenters. The van der Waals surface area contributed by atoms with Crippen molar-refractivity contribution in [3.8, 4) is 5.75 Å². The summed E-state index contributed by atoms with van der Waals surface area (Å²) in [5.41, 5.74) is 1.18. The Balaban J connectivity index is 1.61. The molecule has 1 atom stereocenters. The largest absolute Gasteiger partial charge is 0.480 e. The van der Waals surface area contributed by atoms with Crippen LogP contribution in [-0.2, 0) is 16.6 Å². The molecule has 3 heterocycles. The van der Waals surface area contributed by atoms with Gasteiger partial charge in [0.1, 0.15) is 11.6 Å². The number of fused-ring (bicyclic) bond motifs is 1.